The molecule has 3 rings (SSSR count). The van der Waals surface area contributed by atoms with Gasteiger partial charge in [0, 0.05) is 12.4 Å². The van der Waals surface area contributed by atoms with Crippen molar-refractivity contribution in [1.29, 1.82) is 0 Å². The molecule has 0 radical (unpaired) electrons. The Morgan fingerprint density at radius 1 is 1.13 bits per heavy atom. The Bertz CT molecular complexity index is 612. The monoisotopic (exact) mass is 311 g/mol. The summed E-state index contributed by atoms with van der Waals surface area (Å²) >= 11 is 0. The van der Waals surface area contributed by atoms with Crippen LogP contribution in [-0.4, -0.2) is 18.1 Å². The van der Waals surface area contributed by atoms with Crippen molar-refractivity contribution in [3.63, 3.8) is 0 Å². The smallest absolute Gasteiger partial charge is 0.161 e. The lowest BCUT2D eigenvalue weighted by atomic mass is 10.0. The van der Waals surface area contributed by atoms with E-state index in [0.29, 0.717) is 6.10 Å². The van der Waals surface area contributed by atoms with E-state index in [1.807, 2.05) is 13.0 Å². The molecule has 1 fully saturated rings. The second kappa shape index (κ2) is 7.40. The Labute approximate surface area is 138 Å². The van der Waals surface area contributed by atoms with Crippen molar-refractivity contribution in [2.24, 2.45) is 0 Å². The van der Waals surface area contributed by atoms with Crippen LogP contribution in [0.1, 0.15) is 44.2 Å². The second-order valence-corrected chi connectivity index (χ2v) is 6.04. The van der Waals surface area contributed by atoms with Gasteiger partial charge in [-0.1, -0.05) is 24.3 Å². The number of rotatable bonds is 5. The molecule has 0 bridgehead atoms. The molecule has 1 aliphatic heterocycles. The van der Waals surface area contributed by atoms with Crippen LogP contribution >= 0.6 is 0 Å². The molecular formula is C20H25NO2. The summed E-state index contributed by atoms with van der Waals surface area (Å²) in [4.78, 5) is 2.20. The van der Waals surface area contributed by atoms with Gasteiger partial charge in [-0.2, -0.15) is 0 Å². The standard InChI is InChI=1S/C20H25NO2/c1-3-13-21-14-7-6-10-18(21)16-11-12-19(22-2)20(15-16)23-17-8-4-5-9-17/h3,6-7,10-15,17-18H,4-5,8-9H2,1-2H3. The van der Waals surface area contributed by atoms with Crippen molar-refractivity contribution in [3.8, 4) is 11.5 Å². The normalized spacial score (nSPS) is 21.3. The molecule has 0 spiro atoms. The number of allylic oxidation sites excluding steroid dienone is 3. The molecule has 3 heteroatoms. The summed E-state index contributed by atoms with van der Waals surface area (Å²) in [6.07, 6.45) is 17.7. The van der Waals surface area contributed by atoms with Gasteiger partial charge in [0.2, 0.25) is 0 Å². The highest BCUT2D eigenvalue weighted by Gasteiger charge is 2.21. The van der Waals surface area contributed by atoms with Gasteiger partial charge in [0.1, 0.15) is 0 Å². The van der Waals surface area contributed by atoms with Crippen LogP contribution in [0, 0.1) is 0 Å². The average Bonchev–Trinajstić information content (AvgIpc) is 3.09. The molecule has 1 unspecified atom stereocenters. The zero-order valence-corrected chi connectivity index (χ0v) is 13.9. The number of hydrogen-bond acceptors (Lipinski definition) is 3. The summed E-state index contributed by atoms with van der Waals surface area (Å²) in [5.41, 5.74) is 1.21. The van der Waals surface area contributed by atoms with Crippen LogP contribution in [0.15, 0.2) is 54.9 Å². The maximum atomic E-state index is 6.22. The van der Waals surface area contributed by atoms with Gasteiger partial charge in [0.25, 0.3) is 0 Å². The molecule has 3 nitrogen and oxygen atoms in total. The van der Waals surface area contributed by atoms with Gasteiger partial charge in [0.05, 0.1) is 19.3 Å². The topological polar surface area (TPSA) is 21.7 Å². The van der Waals surface area contributed by atoms with Gasteiger partial charge >= 0.3 is 0 Å². The van der Waals surface area contributed by atoms with E-state index in [1.165, 1.54) is 18.4 Å². The van der Waals surface area contributed by atoms with Crippen molar-refractivity contribution >= 4 is 0 Å². The zero-order chi connectivity index (χ0) is 16.1. The van der Waals surface area contributed by atoms with Crippen LogP contribution < -0.4 is 9.47 Å². The third-order valence-electron chi connectivity index (χ3n) is 4.43. The quantitative estimate of drug-likeness (QED) is 0.765. The average molecular weight is 311 g/mol. The number of benzene rings is 1. The van der Waals surface area contributed by atoms with Crippen LogP contribution in [-0.2, 0) is 0 Å². The Kier molecular flexibility index (Phi) is 5.06. The maximum Gasteiger partial charge on any atom is 0.161 e. The summed E-state index contributed by atoms with van der Waals surface area (Å²) in [7, 11) is 1.70. The lowest BCUT2D eigenvalue weighted by Gasteiger charge is -2.28. The van der Waals surface area contributed by atoms with E-state index in [9.17, 15) is 0 Å². The molecule has 0 N–H and O–H groups in total. The molecule has 23 heavy (non-hydrogen) atoms. The summed E-state index contributed by atoms with van der Waals surface area (Å²) in [5.74, 6) is 1.67. The van der Waals surface area contributed by atoms with Crippen molar-refractivity contribution in [2.45, 2.75) is 44.8 Å². The highest BCUT2D eigenvalue weighted by molar-refractivity contribution is 5.45. The Morgan fingerprint density at radius 2 is 1.96 bits per heavy atom. The van der Waals surface area contributed by atoms with Crippen molar-refractivity contribution < 1.29 is 9.47 Å². The van der Waals surface area contributed by atoms with Gasteiger partial charge < -0.3 is 14.4 Å². The third kappa shape index (κ3) is 3.61. The molecule has 1 saturated carbocycles. The predicted octanol–water partition coefficient (Wildman–Crippen LogP) is 4.98. The highest BCUT2D eigenvalue weighted by Crippen LogP contribution is 2.36. The number of nitrogens with zero attached hydrogens (tertiary/aromatic N) is 1. The fraction of sp³-hybridized carbons (Fsp3) is 0.400. The van der Waals surface area contributed by atoms with E-state index in [0.717, 1.165) is 24.3 Å². The molecular weight excluding hydrogens is 286 g/mol. The molecule has 0 saturated heterocycles. The first-order chi connectivity index (χ1) is 11.3. The highest BCUT2D eigenvalue weighted by atomic mass is 16.5. The second-order valence-electron chi connectivity index (χ2n) is 6.04. The molecule has 1 aliphatic carbocycles. The minimum absolute atomic E-state index is 0.188. The van der Waals surface area contributed by atoms with Crippen molar-refractivity contribution in [3.05, 3.63) is 60.5 Å². The minimum atomic E-state index is 0.188. The van der Waals surface area contributed by atoms with E-state index in [-0.39, 0.29) is 6.04 Å². The summed E-state index contributed by atoms with van der Waals surface area (Å²) in [6, 6.07) is 6.44. The maximum absolute atomic E-state index is 6.22. The Hall–Kier alpha value is -2.16. The summed E-state index contributed by atoms with van der Waals surface area (Å²) < 4.78 is 11.7. The predicted molar refractivity (Wildman–Crippen MR) is 93.6 cm³/mol. The summed E-state index contributed by atoms with van der Waals surface area (Å²) in [6.45, 7) is 2.03. The van der Waals surface area contributed by atoms with Crippen LogP contribution in [0.25, 0.3) is 0 Å². The molecule has 0 aromatic heterocycles. The molecule has 1 heterocycles. The van der Waals surface area contributed by atoms with Crippen LogP contribution in [0.3, 0.4) is 0 Å². The number of methoxy groups -OCH3 is 1. The molecule has 1 aromatic carbocycles. The van der Waals surface area contributed by atoms with Gasteiger partial charge in [-0.15, -0.1) is 0 Å². The van der Waals surface area contributed by atoms with Crippen molar-refractivity contribution in [2.75, 3.05) is 7.11 Å². The summed E-state index contributed by atoms with van der Waals surface area (Å²) in [5, 5.41) is 0. The molecule has 122 valence electrons. The van der Waals surface area contributed by atoms with Crippen LogP contribution in [0.4, 0.5) is 0 Å². The molecule has 1 aromatic rings. The third-order valence-corrected chi connectivity index (χ3v) is 4.43. The van der Waals surface area contributed by atoms with Crippen molar-refractivity contribution in [1.82, 2.24) is 4.90 Å². The van der Waals surface area contributed by atoms with Gasteiger partial charge in [-0.3, -0.25) is 0 Å². The Balaban J connectivity index is 1.87. The minimum Gasteiger partial charge on any atom is -0.493 e. The fourth-order valence-corrected chi connectivity index (χ4v) is 3.26. The first-order valence-electron chi connectivity index (χ1n) is 8.41. The zero-order valence-electron chi connectivity index (χ0n) is 13.9. The van der Waals surface area contributed by atoms with Crippen LogP contribution in [0.5, 0.6) is 11.5 Å². The van der Waals surface area contributed by atoms with Gasteiger partial charge in [-0.25, -0.2) is 0 Å². The largest absolute Gasteiger partial charge is 0.493 e. The van der Waals surface area contributed by atoms with E-state index in [4.69, 9.17) is 9.47 Å². The lowest BCUT2D eigenvalue weighted by Crippen LogP contribution is -2.18. The number of ether oxygens (including phenoxy) is 2. The van der Waals surface area contributed by atoms with Crippen LogP contribution in [0.2, 0.25) is 0 Å². The SMILES string of the molecule is CC=CN1C=CC=CC1c1ccc(OC)c(OC2CCCC2)c1. The number of hydrogen-bond donors (Lipinski definition) is 0. The van der Waals surface area contributed by atoms with Gasteiger partial charge in [0.15, 0.2) is 11.5 Å². The van der Waals surface area contributed by atoms with E-state index in [1.54, 1.807) is 7.11 Å². The molecule has 0 amide bonds. The first-order valence-corrected chi connectivity index (χ1v) is 8.41. The van der Waals surface area contributed by atoms with E-state index in [2.05, 4.69) is 53.7 Å². The fourth-order valence-electron chi connectivity index (χ4n) is 3.26. The first kappa shape index (κ1) is 15.7. The molecule has 2 aliphatic rings. The van der Waals surface area contributed by atoms with E-state index >= 15 is 0 Å². The van der Waals surface area contributed by atoms with E-state index < -0.39 is 0 Å². The Morgan fingerprint density at radius 3 is 2.70 bits per heavy atom. The lowest BCUT2D eigenvalue weighted by molar-refractivity contribution is 0.200. The van der Waals surface area contributed by atoms with Gasteiger partial charge in [-0.05, 0) is 56.4 Å². The molecule has 1 atom stereocenters.